The molecule has 0 heterocycles. The van der Waals surface area contributed by atoms with Crippen LogP contribution in [-0.2, 0) is 4.79 Å². The van der Waals surface area contributed by atoms with Gasteiger partial charge in [0.05, 0.1) is 0 Å². The fraction of sp³-hybridized carbons (Fsp3) is 0.625. The second-order valence-corrected chi connectivity index (χ2v) is 2.64. The van der Waals surface area contributed by atoms with E-state index in [1.165, 1.54) is 6.42 Å². The Hall–Kier alpha value is -0.790. The summed E-state index contributed by atoms with van der Waals surface area (Å²) in [6.45, 7) is 1.85. The zero-order chi connectivity index (χ0) is 7.40. The molecule has 1 saturated carbocycles. The summed E-state index contributed by atoms with van der Waals surface area (Å²) in [6.07, 6.45) is 6.90. The standard InChI is InChI=1S/C8H13NO/c1-2-4-8(10)9-7-5-3-6-7/h2,4,7H,3,5-6H2,1H3,(H,9,10)/b4-2+. The monoisotopic (exact) mass is 139 g/mol. The van der Waals surface area contributed by atoms with Gasteiger partial charge in [-0.05, 0) is 32.3 Å². The molecular formula is C8H13NO. The van der Waals surface area contributed by atoms with Crippen molar-refractivity contribution in [2.24, 2.45) is 0 Å². The van der Waals surface area contributed by atoms with Gasteiger partial charge >= 0.3 is 0 Å². The summed E-state index contributed by atoms with van der Waals surface area (Å²) in [5.41, 5.74) is 0. The molecule has 0 unspecified atom stereocenters. The number of hydrogen-bond donors (Lipinski definition) is 1. The Morgan fingerprint density at radius 1 is 1.60 bits per heavy atom. The van der Waals surface area contributed by atoms with Crippen molar-refractivity contribution in [2.75, 3.05) is 0 Å². The summed E-state index contributed by atoms with van der Waals surface area (Å²) >= 11 is 0. The predicted molar refractivity (Wildman–Crippen MR) is 40.6 cm³/mol. The third kappa shape index (κ3) is 1.87. The molecule has 56 valence electrons. The first-order chi connectivity index (χ1) is 4.83. The molecule has 1 N–H and O–H groups in total. The van der Waals surface area contributed by atoms with Gasteiger partial charge in [-0.1, -0.05) is 6.08 Å². The maximum absolute atomic E-state index is 10.8. The van der Waals surface area contributed by atoms with Gasteiger partial charge in [-0.15, -0.1) is 0 Å². The van der Waals surface area contributed by atoms with Gasteiger partial charge in [0, 0.05) is 6.04 Å². The molecule has 0 spiro atoms. The molecule has 1 aliphatic carbocycles. The first-order valence-electron chi connectivity index (χ1n) is 3.76. The molecule has 0 atom stereocenters. The topological polar surface area (TPSA) is 29.1 Å². The first kappa shape index (κ1) is 7.32. The van der Waals surface area contributed by atoms with Crippen molar-refractivity contribution in [1.29, 1.82) is 0 Å². The van der Waals surface area contributed by atoms with Gasteiger partial charge in [0.25, 0.3) is 0 Å². The van der Waals surface area contributed by atoms with Gasteiger partial charge in [-0.3, -0.25) is 4.79 Å². The lowest BCUT2D eigenvalue weighted by Crippen LogP contribution is -2.38. The van der Waals surface area contributed by atoms with Gasteiger partial charge in [0.15, 0.2) is 0 Å². The minimum Gasteiger partial charge on any atom is -0.350 e. The van der Waals surface area contributed by atoms with E-state index in [1.807, 2.05) is 6.92 Å². The highest BCUT2D eigenvalue weighted by Crippen LogP contribution is 2.17. The van der Waals surface area contributed by atoms with Crippen molar-refractivity contribution < 1.29 is 4.79 Å². The van der Waals surface area contributed by atoms with Crippen molar-refractivity contribution in [3.8, 4) is 0 Å². The van der Waals surface area contributed by atoms with Gasteiger partial charge in [-0.2, -0.15) is 0 Å². The van der Waals surface area contributed by atoms with E-state index in [4.69, 9.17) is 0 Å². The minimum absolute atomic E-state index is 0.0483. The van der Waals surface area contributed by atoms with Crippen LogP contribution in [0.25, 0.3) is 0 Å². The van der Waals surface area contributed by atoms with E-state index in [-0.39, 0.29) is 5.91 Å². The number of rotatable bonds is 2. The molecule has 0 radical (unpaired) electrons. The van der Waals surface area contributed by atoms with Gasteiger partial charge in [0.1, 0.15) is 0 Å². The molecule has 1 aliphatic rings. The summed E-state index contributed by atoms with van der Waals surface area (Å²) in [7, 11) is 0. The summed E-state index contributed by atoms with van der Waals surface area (Å²) < 4.78 is 0. The van der Waals surface area contributed by atoms with Crippen LogP contribution in [0, 0.1) is 0 Å². The van der Waals surface area contributed by atoms with Crippen LogP contribution in [0.2, 0.25) is 0 Å². The number of nitrogens with one attached hydrogen (secondary N) is 1. The summed E-state index contributed by atoms with van der Waals surface area (Å²) in [6, 6.07) is 0.462. The van der Waals surface area contributed by atoms with E-state index in [0.717, 1.165) is 12.8 Å². The maximum atomic E-state index is 10.8. The third-order valence-corrected chi connectivity index (χ3v) is 1.77. The molecule has 0 aromatic carbocycles. The van der Waals surface area contributed by atoms with Crippen LogP contribution in [-0.4, -0.2) is 11.9 Å². The quantitative estimate of drug-likeness (QED) is 0.573. The number of carbonyl (C=O) groups excluding carboxylic acids is 1. The average molecular weight is 139 g/mol. The van der Waals surface area contributed by atoms with Crippen LogP contribution >= 0.6 is 0 Å². The van der Waals surface area contributed by atoms with E-state index in [9.17, 15) is 4.79 Å². The summed E-state index contributed by atoms with van der Waals surface area (Å²) in [5, 5.41) is 2.89. The molecular weight excluding hydrogens is 126 g/mol. The van der Waals surface area contributed by atoms with Gasteiger partial charge < -0.3 is 5.32 Å². The summed E-state index contributed by atoms with van der Waals surface area (Å²) in [5.74, 6) is 0.0483. The molecule has 0 bridgehead atoms. The van der Waals surface area contributed by atoms with Crippen LogP contribution in [0.4, 0.5) is 0 Å². The Morgan fingerprint density at radius 2 is 2.30 bits per heavy atom. The zero-order valence-electron chi connectivity index (χ0n) is 6.26. The van der Waals surface area contributed by atoms with E-state index in [2.05, 4.69) is 5.32 Å². The minimum atomic E-state index is 0.0483. The smallest absolute Gasteiger partial charge is 0.243 e. The van der Waals surface area contributed by atoms with E-state index in [1.54, 1.807) is 12.2 Å². The van der Waals surface area contributed by atoms with E-state index >= 15 is 0 Å². The van der Waals surface area contributed by atoms with E-state index in [0.29, 0.717) is 6.04 Å². The number of allylic oxidation sites excluding steroid dienone is 1. The molecule has 0 aromatic rings. The van der Waals surface area contributed by atoms with Gasteiger partial charge in [0.2, 0.25) is 5.91 Å². The second-order valence-electron chi connectivity index (χ2n) is 2.64. The second kappa shape index (κ2) is 3.40. The largest absolute Gasteiger partial charge is 0.350 e. The van der Waals surface area contributed by atoms with Crippen molar-refractivity contribution in [3.63, 3.8) is 0 Å². The Kier molecular flexibility index (Phi) is 2.49. The lowest BCUT2D eigenvalue weighted by Gasteiger charge is -2.25. The average Bonchev–Trinajstić information content (AvgIpc) is 1.80. The SMILES string of the molecule is C/C=C/C(=O)NC1CCC1. The Labute approximate surface area is 61.3 Å². The molecule has 0 aromatic heterocycles. The Balaban J connectivity index is 2.17. The molecule has 1 fully saturated rings. The molecule has 2 nitrogen and oxygen atoms in total. The van der Waals surface area contributed by atoms with Crippen molar-refractivity contribution in [2.45, 2.75) is 32.2 Å². The van der Waals surface area contributed by atoms with Crippen LogP contribution in [0.15, 0.2) is 12.2 Å². The molecule has 0 aliphatic heterocycles. The van der Waals surface area contributed by atoms with Crippen LogP contribution in [0.5, 0.6) is 0 Å². The molecule has 1 rings (SSSR count). The lowest BCUT2D eigenvalue weighted by molar-refractivity contribution is -0.117. The fourth-order valence-electron chi connectivity index (χ4n) is 0.953. The molecule has 0 saturated heterocycles. The van der Waals surface area contributed by atoms with Crippen LogP contribution in [0.3, 0.4) is 0 Å². The van der Waals surface area contributed by atoms with Crippen molar-refractivity contribution >= 4 is 5.91 Å². The zero-order valence-corrected chi connectivity index (χ0v) is 6.26. The summed E-state index contributed by atoms with van der Waals surface area (Å²) in [4.78, 5) is 10.8. The highest BCUT2D eigenvalue weighted by Gasteiger charge is 2.17. The first-order valence-corrected chi connectivity index (χ1v) is 3.76. The highest BCUT2D eigenvalue weighted by molar-refractivity contribution is 5.87. The molecule has 2 heteroatoms. The number of amides is 1. The Bertz CT molecular complexity index is 147. The molecule has 1 amide bonds. The maximum Gasteiger partial charge on any atom is 0.243 e. The number of carbonyl (C=O) groups is 1. The van der Waals surface area contributed by atoms with Gasteiger partial charge in [-0.25, -0.2) is 0 Å². The lowest BCUT2D eigenvalue weighted by atomic mass is 9.93. The normalized spacial score (nSPS) is 18.9. The Morgan fingerprint density at radius 3 is 2.70 bits per heavy atom. The fourth-order valence-corrected chi connectivity index (χ4v) is 0.953. The van der Waals surface area contributed by atoms with Crippen LogP contribution in [0.1, 0.15) is 26.2 Å². The van der Waals surface area contributed by atoms with Crippen molar-refractivity contribution in [1.82, 2.24) is 5.32 Å². The number of hydrogen-bond acceptors (Lipinski definition) is 1. The third-order valence-electron chi connectivity index (χ3n) is 1.77. The van der Waals surface area contributed by atoms with E-state index < -0.39 is 0 Å². The highest BCUT2D eigenvalue weighted by atomic mass is 16.1. The predicted octanol–water partition coefficient (Wildman–Crippen LogP) is 1.23. The molecule has 10 heavy (non-hydrogen) atoms. The van der Waals surface area contributed by atoms with Crippen LogP contribution < -0.4 is 5.32 Å². The van der Waals surface area contributed by atoms with Crippen molar-refractivity contribution in [3.05, 3.63) is 12.2 Å².